The quantitative estimate of drug-likeness (QED) is 0.185. The highest BCUT2D eigenvalue weighted by molar-refractivity contribution is 5.96. The number of hydrogen-bond acceptors (Lipinski definition) is 10. The Balaban J connectivity index is 1.29. The lowest BCUT2D eigenvalue weighted by atomic mass is 9.84. The molecule has 0 saturated carbocycles. The smallest absolute Gasteiger partial charge is 0.324 e. The highest BCUT2D eigenvalue weighted by atomic mass is 16.5. The number of carbonyl (C=O) groups excluding carboxylic acids is 5. The molecular formula is C50H66N8O8. The number of pyridine rings is 1. The molecule has 3 aliphatic heterocycles. The summed E-state index contributed by atoms with van der Waals surface area (Å²) in [5.74, 6) is -2.57. The second-order valence-electron chi connectivity index (χ2n) is 19.4. The minimum atomic E-state index is -1.16. The Morgan fingerprint density at radius 2 is 1.82 bits per heavy atom. The molecule has 2 aromatic heterocycles. The number of ether oxygens (including phenoxy) is 2. The molecule has 2 saturated heterocycles. The van der Waals surface area contributed by atoms with Crippen LogP contribution in [-0.4, -0.2) is 137 Å². The summed E-state index contributed by atoms with van der Waals surface area (Å²) in [6.07, 6.45) is 5.60. The van der Waals surface area contributed by atoms with Crippen LogP contribution in [0.4, 0.5) is 4.79 Å². The number of phenolic OH excluding ortho intramolecular Hbond substituents is 1. The molecule has 66 heavy (non-hydrogen) atoms. The number of likely N-dealkylation sites (N-methyl/N-ethyl adjacent to an activating group) is 1. The Morgan fingerprint density at radius 3 is 2.53 bits per heavy atom. The van der Waals surface area contributed by atoms with Crippen LogP contribution in [0.1, 0.15) is 70.6 Å². The molecule has 6 bridgehead atoms. The van der Waals surface area contributed by atoms with Gasteiger partial charge < -0.3 is 39.2 Å². The number of methoxy groups -OCH3 is 1. The Morgan fingerprint density at radius 1 is 1.05 bits per heavy atom. The number of carbonyl (C=O) groups is 5. The Kier molecular flexibility index (Phi) is 14.4. The number of aromatic hydroxyl groups is 1. The van der Waals surface area contributed by atoms with Gasteiger partial charge >= 0.3 is 12.0 Å². The average Bonchev–Trinajstić information content (AvgIpc) is 3.89. The van der Waals surface area contributed by atoms with Gasteiger partial charge in [-0.15, -0.1) is 0 Å². The number of esters is 1. The number of hydrogen-bond donors (Lipinski definition) is 3. The number of amides is 5. The van der Waals surface area contributed by atoms with Crippen LogP contribution in [0.15, 0.2) is 54.9 Å². The SMILES string of the molecule is CCn1c(-c2cnccc2COC)c2c3cc(ccc31)-c1cc(O)cc(c1)C[C@H](NC(=O)[C@H](C(C)C)N(C)C(=O)[C@H]1CCN(C(=O)N(C)C)C1)C(=O)N1CCC[C@H](N1)C(=O)OCC(C)(C)C2. The van der Waals surface area contributed by atoms with Crippen molar-refractivity contribution in [3.05, 3.63) is 71.5 Å². The van der Waals surface area contributed by atoms with Gasteiger partial charge in [0.2, 0.25) is 11.8 Å². The number of benzene rings is 2. The van der Waals surface area contributed by atoms with E-state index in [1.165, 1.54) is 14.8 Å². The van der Waals surface area contributed by atoms with Gasteiger partial charge in [0.25, 0.3) is 5.91 Å². The fourth-order valence-corrected chi connectivity index (χ4v) is 9.96. The van der Waals surface area contributed by atoms with Gasteiger partial charge in [0.05, 0.1) is 24.8 Å². The summed E-state index contributed by atoms with van der Waals surface area (Å²) < 4.78 is 14.0. The van der Waals surface area contributed by atoms with Crippen molar-refractivity contribution < 1.29 is 38.6 Å². The minimum absolute atomic E-state index is 0.00665. The summed E-state index contributed by atoms with van der Waals surface area (Å²) in [5, 5.41) is 16.7. The summed E-state index contributed by atoms with van der Waals surface area (Å²) in [5.41, 5.74) is 9.75. The summed E-state index contributed by atoms with van der Waals surface area (Å²) in [7, 11) is 6.60. The van der Waals surface area contributed by atoms with E-state index in [9.17, 15) is 29.1 Å². The Bertz CT molecular complexity index is 2480. The predicted molar refractivity (Wildman–Crippen MR) is 251 cm³/mol. The normalized spacial score (nSPS) is 20.5. The van der Waals surface area contributed by atoms with E-state index in [0.29, 0.717) is 50.9 Å². The maximum atomic E-state index is 14.7. The van der Waals surface area contributed by atoms with E-state index in [0.717, 1.165) is 44.4 Å². The molecule has 16 nitrogen and oxygen atoms in total. The van der Waals surface area contributed by atoms with Gasteiger partial charge in [-0.25, -0.2) is 10.2 Å². The third kappa shape index (κ3) is 10.0. The number of likely N-dealkylation sites (tertiary alicyclic amines) is 1. The molecule has 5 heterocycles. The number of aryl methyl sites for hydroxylation is 1. The van der Waals surface area contributed by atoms with Gasteiger partial charge in [0, 0.05) is 95.1 Å². The number of cyclic esters (lactones) is 1. The highest BCUT2D eigenvalue weighted by Crippen LogP contribution is 2.41. The van der Waals surface area contributed by atoms with Gasteiger partial charge in [-0.3, -0.25) is 29.2 Å². The van der Waals surface area contributed by atoms with Crippen LogP contribution >= 0.6 is 0 Å². The van der Waals surface area contributed by atoms with Crippen molar-refractivity contribution >= 4 is 40.6 Å². The molecule has 16 heteroatoms. The predicted octanol–water partition coefficient (Wildman–Crippen LogP) is 5.38. The van der Waals surface area contributed by atoms with E-state index in [-0.39, 0.29) is 49.7 Å². The molecule has 3 aliphatic rings. The molecular weight excluding hydrogens is 841 g/mol. The van der Waals surface area contributed by atoms with Crippen molar-refractivity contribution in [1.82, 2.24) is 40.0 Å². The van der Waals surface area contributed by atoms with E-state index in [2.05, 4.69) is 53.2 Å². The lowest BCUT2D eigenvalue weighted by molar-refractivity contribution is -0.155. The first kappa shape index (κ1) is 47.9. The van der Waals surface area contributed by atoms with E-state index in [4.69, 9.17) is 9.47 Å². The van der Waals surface area contributed by atoms with Crippen molar-refractivity contribution in [2.75, 3.05) is 54.5 Å². The number of phenols is 1. The summed E-state index contributed by atoms with van der Waals surface area (Å²) in [6, 6.07) is 10.3. The van der Waals surface area contributed by atoms with Crippen LogP contribution in [0.25, 0.3) is 33.3 Å². The number of fused-ring (bicyclic) bond motifs is 6. The van der Waals surface area contributed by atoms with Crippen molar-refractivity contribution in [1.29, 1.82) is 0 Å². The number of urea groups is 1. The molecule has 3 N–H and O–H groups in total. The van der Waals surface area contributed by atoms with Crippen LogP contribution in [0.2, 0.25) is 0 Å². The maximum Gasteiger partial charge on any atom is 0.324 e. The molecule has 354 valence electrons. The van der Waals surface area contributed by atoms with Crippen LogP contribution in [-0.2, 0) is 54.6 Å². The number of hydrazine groups is 1. The Hall–Kier alpha value is -6.00. The highest BCUT2D eigenvalue weighted by Gasteiger charge is 2.40. The van der Waals surface area contributed by atoms with E-state index in [1.807, 2.05) is 38.2 Å². The van der Waals surface area contributed by atoms with Crippen LogP contribution in [0, 0.1) is 17.3 Å². The van der Waals surface area contributed by atoms with Crippen LogP contribution in [0.3, 0.4) is 0 Å². The van der Waals surface area contributed by atoms with E-state index in [1.54, 1.807) is 51.5 Å². The zero-order chi connectivity index (χ0) is 47.6. The fourth-order valence-electron chi connectivity index (χ4n) is 9.96. The lowest BCUT2D eigenvalue weighted by Gasteiger charge is -2.37. The standard InChI is InChI=1S/C50H66N8O8/c1-10-57-42-14-13-32-24-37(42)38(44(57)39-26-51-17-15-34(39)28-65-9)25-50(4,5)29-66-48(63)40-12-11-18-58(53-40)47(62)41(22-31-20-35(32)23-36(59)21-31)52-45(60)43(30(2)3)55(8)46(61)33-16-19-56(27-33)49(64)54(6)7/h13-15,17,20-21,23-24,26,30,33,40-41,43,53,59H,10-12,16,18-19,22,25,27-29H2,1-9H3,(H,52,60)/t33-,40-,41-,43-/m0/s1. The zero-order valence-electron chi connectivity index (χ0n) is 39.8. The first-order valence-corrected chi connectivity index (χ1v) is 23.1. The summed E-state index contributed by atoms with van der Waals surface area (Å²) >= 11 is 0. The number of rotatable bonds is 9. The fraction of sp³-hybridized carbons (Fsp3) is 0.520. The van der Waals surface area contributed by atoms with Crippen LogP contribution in [0.5, 0.6) is 5.75 Å². The van der Waals surface area contributed by atoms with Gasteiger partial charge in [-0.2, -0.15) is 0 Å². The number of nitrogens with one attached hydrogen (secondary N) is 2. The lowest BCUT2D eigenvalue weighted by Crippen LogP contribution is -2.62. The average molecular weight is 907 g/mol. The third-order valence-corrected chi connectivity index (χ3v) is 13.2. The Labute approximate surface area is 387 Å². The van der Waals surface area contributed by atoms with Gasteiger partial charge in [-0.1, -0.05) is 39.8 Å². The summed E-state index contributed by atoms with van der Waals surface area (Å²) in [6.45, 7) is 12.1. The largest absolute Gasteiger partial charge is 0.508 e. The number of nitrogens with zero attached hydrogens (tertiary/aromatic N) is 6. The first-order valence-electron chi connectivity index (χ1n) is 23.1. The molecule has 4 atom stereocenters. The molecule has 4 aromatic rings. The van der Waals surface area contributed by atoms with Crippen LogP contribution < -0.4 is 10.7 Å². The second-order valence-corrected chi connectivity index (χ2v) is 19.4. The molecule has 0 radical (unpaired) electrons. The van der Waals surface area contributed by atoms with Gasteiger partial charge in [0.1, 0.15) is 23.9 Å². The van der Waals surface area contributed by atoms with Crippen molar-refractivity contribution in [2.24, 2.45) is 17.3 Å². The third-order valence-electron chi connectivity index (χ3n) is 13.2. The first-order chi connectivity index (χ1) is 31.4. The minimum Gasteiger partial charge on any atom is -0.508 e. The second kappa shape index (κ2) is 19.8. The summed E-state index contributed by atoms with van der Waals surface area (Å²) in [4.78, 5) is 78.9. The zero-order valence-corrected chi connectivity index (χ0v) is 39.8. The van der Waals surface area contributed by atoms with Crippen molar-refractivity contribution in [3.8, 4) is 28.1 Å². The molecule has 2 aromatic carbocycles. The molecule has 0 unspecified atom stereocenters. The molecule has 0 spiro atoms. The van der Waals surface area contributed by atoms with Gasteiger partial charge in [-0.05, 0) is 96.7 Å². The topological polar surface area (TPSA) is 179 Å². The molecule has 5 amide bonds. The molecule has 0 aliphatic carbocycles. The van der Waals surface area contributed by atoms with Gasteiger partial charge in [0.15, 0.2) is 0 Å². The van der Waals surface area contributed by atoms with E-state index >= 15 is 0 Å². The van der Waals surface area contributed by atoms with Crippen molar-refractivity contribution in [2.45, 2.75) is 98.0 Å². The molecule has 2 fully saturated rings. The molecule has 7 rings (SSSR count). The van der Waals surface area contributed by atoms with Crippen molar-refractivity contribution in [3.63, 3.8) is 0 Å². The maximum absolute atomic E-state index is 14.7. The number of aromatic nitrogens is 2. The van der Waals surface area contributed by atoms with E-state index < -0.39 is 47.2 Å². The monoisotopic (exact) mass is 907 g/mol.